The highest BCUT2D eigenvalue weighted by atomic mass is 16.6. The monoisotopic (exact) mass is 276 g/mol. The van der Waals surface area contributed by atoms with E-state index in [2.05, 4.69) is 0 Å². The van der Waals surface area contributed by atoms with Crippen LogP contribution in [0, 0.1) is 0 Å². The van der Waals surface area contributed by atoms with E-state index in [1.165, 1.54) is 6.07 Å². The average Bonchev–Trinajstić information content (AvgIpc) is 2.65. The van der Waals surface area contributed by atoms with E-state index in [1.807, 2.05) is 0 Å². The van der Waals surface area contributed by atoms with Crippen LogP contribution in [0.4, 0.5) is 10.5 Å². The molecule has 0 atom stereocenters. The van der Waals surface area contributed by atoms with E-state index < -0.39 is 18.8 Å². The first-order valence-corrected chi connectivity index (χ1v) is 6.19. The smallest absolute Gasteiger partial charge is 0.443 e. The Kier molecular flexibility index (Phi) is 3.49. The first-order chi connectivity index (χ1) is 9.19. The van der Waals surface area contributed by atoms with Gasteiger partial charge in [-0.2, -0.15) is 0 Å². The second-order valence-electron chi connectivity index (χ2n) is 5.58. The van der Waals surface area contributed by atoms with Crippen LogP contribution >= 0.6 is 0 Å². The Morgan fingerprint density at radius 3 is 2.50 bits per heavy atom. The molecule has 106 valence electrons. The lowest BCUT2D eigenvalue weighted by Gasteiger charge is -2.21. The van der Waals surface area contributed by atoms with Crippen LogP contribution in [-0.2, 0) is 4.74 Å². The molecule has 0 saturated heterocycles. The van der Waals surface area contributed by atoms with E-state index in [1.54, 1.807) is 39.0 Å². The lowest BCUT2D eigenvalue weighted by Crippen LogP contribution is -2.41. The van der Waals surface area contributed by atoms with E-state index in [-0.39, 0.29) is 5.59 Å². The SMILES string of the molecule is CC(C)(C)OC(=O)n1c(B(O)O)cc2ccc(N)cc21. The predicted molar refractivity (Wildman–Crippen MR) is 77.8 cm³/mol. The van der Waals surface area contributed by atoms with Gasteiger partial charge in [0.1, 0.15) is 5.60 Å². The fourth-order valence-corrected chi connectivity index (χ4v) is 1.94. The third kappa shape index (κ3) is 2.78. The van der Waals surface area contributed by atoms with Gasteiger partial charge in [0.05, 0.1) is 11.1 Å². The molecule has 0 aliphatic carbocycles. The number of aromatic nitrogens is 1. The van der Waals surface area contributed by atoms with E-state index >= 15 is 0 Å². The molecule has 0 bridgehead atoms. The third-order valence-corrected chi connectivity index (χ3v) is 2.70. The number of hydrogen-bond donors (Lipinski definition) is 3. The van der Waals surface area contributed by atoms with Crippen molar-refractivity contribution >= 4 is 35.4 Å². The van der Waals surface area contributed by atoms with Gasteiger partial charge in [-0.1, -0.05) is 6.07 Å². The van der Waals surface area contributed by atoms with Crippen molar-refractivity contribution in [3.8, 4) is 0 Å². The number of benzene rings is 1. The van der Waals surface area contributed by atoms with Gasteiger partial charge in [-0.15, -0.1) is 0 Å². The standard InChI is InChI=1S/C13H17BN2O4/c1-13(2,3)20-12(17)16-10-7-9(15)5-4-8(10)6-11(16)14(18)19/h4-7,18-19H,15H2,1-3H3. The summed E-state index contributed by atoms with van der Waals surface area (Å²) < 4.78 is 6.41. The highest BCUT2D eigenvalue weighted by molar-refractivity contribution is 6.59. The van der Waals surface area contributed by atoms with E-state index in [0.29, 0.717) is 16.6 Å². The maximum Gasteiger partial charge on any atom is 0.506 e. The van der Waals surface area contributed by atoms with Gasteiger partial charge in [0, 0.05) is 5.69 Å². The number of nitrogens with two attached hydrogens (primary N) is 1. The Bertz CT molecular complexity index is 658. The van der Waals surface area contributed by atoms with Crippen LogP contribution in [-0.4, -0.2) is 33.4 Å². The maximum absolute atomic E-state index is 12.2. The van der Waals surface area contributed by atoms with Crippen LogP contribution < -0.4 is 11.3 Å². The molecule has 2 rings (SSSR count). The van der Waals surface area contributed by atoms with Gasteiger partial charge in [0.15, 0.2) is 0 Å². The quantitative estimate of drug-likeness (QED) is 0.525. The van der Waals surface area contributed by atoms with E-state index in [0.717, 1.165) is 4.57 Å². The second kappa shape index (κ2) is 4.84. The Labute approximate surface area is 116 Å². The molecule has 20 heavy (non-hydrogen) atoms. The molecule has 0 spiro atoms. The Morgan fingerprint density at radius 2 is 1.95 bits per heavy atom. The number of rotatable bonds is 1. The molecule has 6 nitrogen and oxygen atoms in total. The van der Waals surface area contributed by atoms with Crippen molar-refractivity contribution in [1.29, 1.82) is 0 Å². The van der Waals surface area contributed by atoms with Gasteiger partial charge in [-0.3, -0.25) is 4.57 Å². The molecule has 0 saturated carbocycles. The van der Waals surface area contributed by atoms with Crippen molar-refractivity contribution in [2.45, 2.75) is 26.4 Å². The van der Waals surface area contributed by atoms with Crippen molar-refractivity contribution in [3.05, 3.63) is 24.3 Å². The predicted octanol–water partition coefficient (Wildman–Crippen LogP) is 0.686. The number of carbonyl (C=O) groups is 1. The summed E-state index contributed by atoms with van der Waals surface area (Å²) in [5.74, 6) is 0. The molecule has 4 N–H and O–H groups in total. The minimum atomic E-state index is -1.78. The minimum absolute atomic E-state index is 0.0415. The molecule has 0 aliphatic rings. The van der Waals surface area contributed by atoms with Gasteiger partial charge in [0.2, 0.25) is 0 Å². The number of ether oxygens (including phenoxy) is 1. The lowest BCUT2D eigenvalue weighted by atomic mass is 9.86. The zero-order chi connectivity index (χ0) is 15.1. The number of carbonyl (C=O) groups excluding carboxylic acids is 1. The first kappa shape index (κ1) is 14.4. The van der Waals surface area contributed by atoms with Crippen LogP contribution in [0.5, 0.6) is 0 Å². The van der Waals surface area contributed by atoms with Crippen molar-refractivity contribution in [3.63, 3.8) is 0 Å². The summed E-state index contributed by atoms with van der Waals surface area (Å²) in [6.45, 7) is 5.21. The molecule has 1 aromatic heterocycles. The summed E-state index contributed by atoms with van der Waals surface area (Å²) >= 11 is 0. The molecule has 0 amide bonds. The van der Waals surface area contributed by atoms with Crippen LogP contribution in [0.15, 0.2) is 24.3 Å². The zero-order valence-electron chi connectivity index (χ0n) is 11.6. The van der Waals surface area contributed by atoms with Crippen LogP contribution in [0.25, 0.3) is 10.9 Å². The molecule has 0 radical (unpaired) electrons. The highest BCUT2D eigenvalue weighted by Gasteiger charge is 2.26. The molecular formula is C13H17BN2O4. The van der Waals surface area contributed by atoms with E-state index in [9.17, 15) is 14.8 Å². The molecule has 7 heteroatoms. The number of nitrogen functional groups attached to an aromatic ring is 1. The van der Waals surface area contributed by atoms with Gasteiger partial charge in [-0.25, -0.2) is 4.79 Å². The largest absolute Gasteiger partial charge is 0.506 e. The third-order valence-electron chi connectivity index (χ3n) is 2.70. The minimum Gasteiger partial charge on any atom is -0.443 e. The zero-order valence-corrected chi connectivity index (χ0v) is 11.6. The van der Waals surface area contributed by atoms with Crippen molar-refractivity contribution < 1.29 is 19.6 Å². The summed E-state index contributed by atoms with van der Waals surface area (Å²) in [5, 5.41) is 19.5. The Morgan fingerprint density at radius 1 is 1.30 bits per heavy atom. The topological polar surface area (TPSA) is 97.7 Å². The summed E-state index contributed by atoms with van der Waals surface area (Å²) in [7, 11) is -1.78. The lowest BCUT2D eigenvalue weighted by molar-refractivity contribution is 0.0548. The second-order valence-corrected chi connectivity index (χ2v) is 5.58. The molecule has 1 heterocycles. The van der Waals surface area contributed by atoms with Crippen molar-refractivity contribution in [1.82, 2.24) is 4.57 Å². The normalized spacial score (nSPS) is 11.7. The highest BCUT2D eigenvalue weighted by Crippen LogP contribution is 2.19. The van der Waals surface area contributed by atoms with Crippen molar-refractivity contribution in [2.75, 3.05) is 5.73 Å². The summed E-state index contributed by atoms with van der Waals surface area (Å²) in [6, 6.07) is 6.49. The van der Waals surface area contributed by atoms with Gasteiger partial charge in [0.25, 0.3) is 0 Å². The number of fused-ring (bicyclic) bond motifs is 1. The molecular weight excluding hydrogens is 259 g/mol. The molecule has 0 unspecified atom stereocenters. The van der Waals surface area contributed by atoms with Crippen LogP contribution in [0.1, 0.15) is 20.8 Å². The Balaban J connectivity index is 2.62. The molecule has 0 aliphatic heterocycles. The number of hydrogen-bond acceptors (Lipinski definition) is 5. The first-order valence-electron chi connectivity index (χ1n) is 6.19. The molecule has 0 fully saturated rings. The van der Waals surface area contributed by atoms with Gasteiger partial charge >= 0.3 is 13.2 Å². The van der Waals surface area contributed by atoms with Crippen LogP contribution in [0.2, 0.25) is 0 Å². The van der Waals surface area contributed by atoms with Crippen molar-refractivity contribution in [2.24, 2.45) is 0 Å². The van der Waals surface area contributed by atoms with Crippen LogP contribution in [0.3, 0.4) is 0 Å². The fraction of sp³-hybridized carbons (Fsp3) is 0.308. The molecule has 2 aromatic rings. The Hall–Kier alpha value is -1.99. The number of anilines is 1. The van der Waals surface area contributed by atoms with E-state index in [4.69, 9.17) is 10.5 Å². The average molecular weight is 276 g/mol. The summed E-state index contributed by atoms with van der Waals surface area (Å²) in [4.78, 5) is 12.2. The molecule has 1 aromatic carbocycles. The number of nitrogens with zero attached hydrogens (tertiary/aromatic N) is 1. The summed E-state index contributed by atoms with van der Waals surface area (Å²) in [6.07, 6.45) is -0.679. The maximum atomic E-state index is 12.2. The van der Waals surface area contributed by atoms with Gasteiger partial charge < -0.3 is 20.5 Å². The summed E-state index contributed by atoms with van der Waals surface area (Å²) in [5.41, 5.74) is 6.01. The fourth-order valence-electron chi connectivity index (χ4n) is 1.94. The van der Waals surface area contributed by atoms with Gasteiger partial charge in [-0.05, 0) is 44.4 Å².